The molecule has 8 nitrogen and oxygen atoms in total. The van der Waals surface area contributed by atoms with Crippen LogP contribution < -0.4 is 10.1 Å². The van der Waals surface area contributed by atoms with E-state index in [9.17, 15) is 18.0 Å². The molecule has 1 unspecified atom stereocenters. The number of ether oxygens (including phenoxy) is 1. The minimum Gasteiger partial charge on any atom is -0.497 e. The lowest BCUT2D eigenvalue weighted by Gasteiger charge is -2.39. The number of methoxy groups -OCH3 is 1. The van der Waals surface area contributed by atoms with Crippen molar-refractivity contribution >= 4 is 43.9 Å². The van der Waals surface area contributed by atoms with Gasteiger partial charge in [0.25, 0.3) is 5.91 Å². The van der Waals surface area contributed by atoms with Crippen molar-refractivity contribution in [2.24, 2.45) is 0 Å². The summed E-state index contributed by atoms with van der Waals surface area (Å²) in [6.07, 6.45) is 0. The van der Waals surface area contributed by atoms with Gasteiger partial charge in [0, 0.05) is 32.2 Å². The molecule has 0 saturated carbocycles. The smallest absolute Gasteiger partial charge is 0.264 e. The molecule has 0 spiro atoms. The summed E-state index contributed by atoms with van der Waals surface area (Å²) in [7, 11) is -2.45. The van der Waals surface area contributed by atoms with E-state index in [0.717, 1.165) is 16.3 Å². The van der Waals surface area contributed by atoms with Crippen molar-refractivity contribution in [2.45, 2.75) is 17.5 Å². The quantitative estimate of drug-likeness (QED) is 0.379. The number of hydrogen-bond donors (Lipinski definition) is 1. The molecule has 10 heteroatoms. The minimum atomic E-state index is -3.92. The van der Waals surface area contributed by atoms with Gasteiger partial charge in [0.05, 0.1) is 16.9 Å². The van der Waals surface area contributed by atoms with Gasteiger partial charge in [0.1, 0.15) is 11.8 Å². The maximum Gasteiger partial charge on any atom is 0.264 e. The fourth-order valence-corrected chi connectivity index (χ4v) is 6.70. The van der Waals surface area contributed by atoms with Crippen LogP contribution in [0, 0.1) is 0 Å². The number of carbonyl (C=O) groups is 2. The van der Waals surface area contributed by atoms with E-state index < -0.39 is 22.0 Å². The number of piperazine rings is 1. The van der Waals surface area contributed by atoms with Crippen LogP contribution in [0.4, 0.5) is 0 Å². The van der Waals surface area contributed by atoms with Gasteiger partial charge in [-0.1, -0.05) is 48.5 Å². The summed E-state index contributed by atoms with van der Waals surface area (Å²) in [6.45, 7) is 0.267. The first kappa shape index (κ1) is 25.9. The van der Waals surface area contributed by atoms with Crippen LogP contribution >= 0.6 is 11.3 Å². The van der Waals surface area contributed by atoms with Gasteiger partial charge >= 0.3 is 0 Å². The lowest BCUT2D eigenvalue weighted by Crippen LogP contribution is -2.61. The summed E-state index contributed by atoms with van der Waals surface area (Å²) < 4.78 is 33.4. The maximum atomic E-state index is 13.5. The van der Waals surface area contributed by atoms with Crippen LogP contribution in [0.25, 0.3) is 10.8 Å². The van der Waals surface area contributed by atoms with Gasteiger partial charge in [-0.15, -0.1) is 11.3 Å². The molecule has 3 aromatic carbocycles. The Morgan fingerprint density at radius 1 is 0.974 bits per heavy atom. The number of fused-ring (bicyclic) bond motifs is 1. The summed E-state index contributed by atoms with van der Waals surface area (Å²) in [6, 6.07) is 22.6. The topological polar surface area (TPSA) is 96.0 Å². The Balaban J connectivity index is 1.38. The Labute approximate surface area is 225 Å². The molecule has 1 aliphatic rings. The monoisotopic (exact) mass is 549 g/mol. The SMILES string of the molecule is COc1cccc(S(=O)(=O)N2CCN(C(=O)c3cccs3)C(C(=O)NCc3ccc4ccccc4c3)C2)c1. The molecule has 0 radical (unpaired) electrons. The van der Waals surface area contributed by atoms with Gasteiger partial charge in [-0.3, -0.25) is 9.59 Å². The van der Waals surface area contributed by atoms with Crippen molar-refractivity contribution in [3.63, 3.8) is 0 Å². The molecule has 1 saturated heterocycles. The van der Waals surface area contributed by atoms with Gasteiger partial charge in [-0.25, -0.2) is 8.42 Å². The fraction of sp³-hybridized carbons (Fsp3) is 0.214. The Morgan fingerprint density at radius 3 is 2.55 bits per heavy atom. The predicted octanol–water partition coefficient (Wildman–Crippen LogP) is 3.74. The first-order chi connectivity index (χ1) is 18.4. The van der Waals surface area contributed by atoms with Crippen LogP contribution in [-0.2, 0) is 21.4 Å². The van der Waals surface area contributed by atoms with E-state index in [0.29, 0.717) is 10.6 Å². The number of rotatable bonds is 7. The molecule has 1 N–H and O–H groups in total. The molecule has 1 aliphatic heterocycles. The summed E-state index contributed by atoms with van der Waals surface area (Å²) in [4.78, 5) is 28.8. The minimum absolute atomic E-state index is 0.0743. The number of carbonyl (C=O) groups excluding carboxylic acids is 2. The molecule has 0 aliphatic carbocycles. The largest absolute Gasteiger partial charge is 0.497 e. The lowest BCUT2D eigenvalue weighted by atomic mass is 10.1. The third-order valence-electron chi connectivity index (χ3n) is 6.60. The summed E-state index contributed by atoms with van der Waals surface area (Å²) in [5.41, 5.74) is 0.907. The second-order valence-corrected chi connectivity index (χ2v) is 11.8. The Morgan fingerprint density at radius 2 is 1.79 bits per heavy atom. The van der Waals surface area contributed by atoms with Crippen LogP contribution in [-0.4, -0.2) is 62.2 Å². The van der Waals surface area contributed by atoms with Gasteiger partial charge in [0.2, 0.25) is 15.9 Å². The van der Waals surface area contributed by atoms with E-state index in [-0.39, 0.29) is 37.0 Å². The Kier molecular flexibility index (Phi) is 7.46. The number of benzene rings is 3. The zero-order chi connectivity index (χ0) is 26.7. The molecule has 0 bridgehead atoms. The highest BCUT2D eigenvalue weighted by Gasteiger charge is 2.40. The number of nitrogens with one attached hydrogen (secondary N) is 1. The first-order valence-electron chi connectivity index (χ1n) is 12.1. The highest BCUT2D eigenvalue weighted by atomic mass is 32.2. The Hall–Kier alpha value is -3.73. The summed E-state index contributed by atoms with van der Waals surface area (Å²) in [5, 5.41) is 6.88. The molecular weight excluding hydrogens is 522 g/mol. The van der Waals surface area contributed by atoms with Crippen molar-refractivity contribution in [3.8, 4) is 5.75 Å². The Bertz CT molecular complexity index is 1570. The van der Waals surface area contributed by atoms with E-state index in [1.54, 1.807) is 29.6 Å². The van der Waals surface area contributed by atoms with Crippen LogP contribution in [0.2, 0.25) is 0 Å². The van der Waals surface area contributed by atoms with E-state index in [1.165, 1.54) is 39.8 Å². The molecule has 5 rings (SSSR count). The lowest BCUT2D eigenvalue weighted by molar-refractivity contribution is -0.127. The van der Waals surface area contributed by atoms with Crippen molar-refractivity contribution in [3.05, 3.63) is 94.7 Å². The second-order valence-electron chi connectivity index (χ2n) is 8.93. The number of thiophene rings is 1. The highest BCUT2D eigenvalue weighted by molar-refractivity contribution is 7.89. The third kappa shape index (κ3) is 5.28. The third-order valence-corrected chi connectivity index (χ3v) is 9.32. The van der Waals surface area contributed by atoms with Crippen LogP contribution in [0.1, 0.15) is 15.2 Å². The number of hydrogen-bond acceptors (Lipinski definition) is 6. The van der Waals surface area contributed by atoms with Gasteiger partial charge in [-0.2, -0.15) is 4.31 Å². The van der Waals surface area contributed by atoms with Crippen LogP contribution in [0.5, 0.6) is 5.75 Å². The molecule has 1 fully saturated rings. The van der Waals surface area contributed by atoms with E-state index in [1.807, 2.05) is 42.5 Å². The van der Waals surface area contributed by atoms with Crippen molar-refractivity contribution in [1.82, 2.24) is 14.5 Å². The normalized spacial score (nSPS) is 16.3. The molecule has 1 aromatic heterocycles. The van der Waals surface area contributed by atoms with Crippen LogP contribution in [0.3, 0.4) is 0 Å². The second kappa shape index (κ2) is 10.9. The highest BCUT2D eigenvalue weighted by Crippen LogP contribution is 2.25. The molecule has 4 aromatic rings. The standard InChI is InChI=1S/C28H27N3O5S2/c1-36-23-8-4-9-24(17-23)38(34,35)30-13-14-31(28(33)26-10-5-15-37-26)25(19-30)27(32)29-18-20-11-12-21-6-2-3-7-22(21)16-20/h2-12,15-17,25H,13-14,18-19H2,1H3,(H,29,32). The van der Waals surface area contributed by atoms with Crippen molar-refractivity contribution in [2.75, 3.05) is 26.7 Å². The fourth-order valence-electron chi connectivity index (χ4n) is 4.55. The van der Waals surface area contributed by atoms with E-state index in [4.69, 9.17) is 4.74 Å². The number of amides is 2. The average molecular weight is 550 g/mol. The maximum absolute atomic E-state index is 13.5. The summed E-state index contributed by atoms with van der Waals surface area (Å²) >= 11 is 1.29. The molecule has 196 valence electrons. The molecular formula is C28H27N3O5S2. The number of nitrogens with zero attached hydrogens (tertiary/aromatic N) is 2. The van der Waals surface area contributed by atoms with Crippen molar-refractivity contribution in [1.29, 1.82) is 0 Å². The van der Waals surface area contributed by atoms with Gasteiger partial charge in [0.15, 0.2) is 0 Å². The molecule has 2 amide bonds. The van der Waals surface area contributed by atoms with Crippen molar-refractivity contribution < 1.29 is 22.7 Å². The average Bonchev–Trinajstić information content (AvgIpc) is 3.50. The first-order valence-corrected chi connectivity index (χ1v) is 14.4. The number of sulfonamides is 1. The predicted molar refractivity (Wildman–Crippen MR) is 147 cm³/mol. The zero-order valence-electron chi connectivity index (χ0n) is 20.7. The summed E-state index contributed by atoms with van der Waals surface area (Å²) in [5.74, 6) is -0.278. The van der Waals surface area contributed by atoms with E-state index in [2.05, 4.69) is 5.32 Å². The molecule has 2 heterocycles. The van der Waals surface area contributed by atoms with Crippen LogP contribution in [0.15, 0.2) is 89.1 Å². The van der Waals surface area contributed by atoms with Gasteiger partial charge in [-0.05, 0) is 46.0 Å². The van der Waals surface area contributed by atoms with E-state index >= 15 is 0 Å². The zero-order valence-corrected chi connectivity index (χ0v) is 22.4. The molecule has 38 heavy (non-hydrogen) atoms. The van der Waals surface area contributed by atoms with Gasteiger partial charge < -0.3 is 15.0 Å². The molecule has 1 atom stereocenters.